The zero-order valence-electron chi connectivity index (χ0n) is 15.5. The molecule has 2 aromatic heterocycles. The Morgan fingerprint density at radius 2 is 2.04 bits per heavy atom. The van der Waals surface area contributed by atoms with E-state index in [1.54, 1.807) is 13.0 Å². The van der Waals surface area contributed by atoms with Crippen molar-refractivity contribution in [1.29, 1.82) is 0 Å². The van der Waals surface area contributed by atoms with Crippen LogP contribution in [0.1, 0.15) is 66.2 Å². The van der Waals surface area contributed by atoms with E-state index in [9.17, 15) is 9.59 Å². The van der Waals surface area contributed by atoms with E-state index in [2.05, 4.69) is 34.0 Å². The normalized spacial score (nSPS) is 23.0. The second-order valence-electron chi connectivity index (χ2n) is 7.97. The summed E-state index contributed by atoms with van der Waals surface area (Å²) in [4.78, 5) is 33.9. The summed E-state index contributed by atoms with van der Waals surface area (Å²) in [7, 11) is 0. The molecule has 2 N–H and O–H groups in total. The lowest BCUT2D eigenvalue weighted by atomic mass is 9.91. The summed E-state index contributed by atoms with van der Waals surface area (Å²) < 4.78 is 0. The largest absolute Gasteiger partial charge is 0.338 e. The van der Waals surface area contributed by atoms with Gasteiger partial charge in [0.1, 0.15) is 5.82 Å². The minimum Gasteiger partial charge on any atom is -0.338 e. The Bertz CT molecular complexity index is 880. The van der Waals surface area contributed by atoms with Crippen LogP contribution in [0.2, 0.25) is 0 Å². The fraction of sp³-hybridized carbons (Fsp3) is 0.579. The number of carbonyl (C=O) groups excluding carboxylic acids is 1. The molecule has 1 saturated heterocycles. The number of likely N-dealkylation sites (tertiary alicyclic amines) is 1. The number of hydrogen-bond donors (Lipinski definition) is 2. The number of aromatic nitrogens is 4. The van der Waals surface area contributed by atoms with E-state index in [0.717, 1.165) is 18.2 Å². The summed E-state index contributed by atoms with van der Waals surface area (Å²) in [5, 5.41) is 7.45. The molecule has 7 nitrogen and oxygen atoms in total. The molecule has 0 radical (unpaired) electrons. The van der Waals surface area contributed by atoms with Gasteiger partial charge in [0.05, 0.1) is 0 Å². The van der Waals surface area contributed by atoms with Crippen molar-refractivity contribution in [3.63, 3.8) is 0 Å². The second-order valence-corrected chi connectivity index (χ2v) is 7.97. The quantitative estimate of drug-likeness (QED) is 0.879. The Hall–Kier alpha value is -2.44. The third-order valence-corrected chi connectivity index (χ3v) is 5.49. The van der Waals surface area contributed by atoms with Gasteiger partial charge in [0, 0.05) is 42.2 Å². The van der Waals surface area contributed by atoms with E-state index < -0.39 is 0 Å². The van der Waals surface area contributed by atoms with Gasteiger partial charge in [-0.1, -0.05) is 13.8 Å². The van der Waals surface area contributed by atoms with E-state index in [-0.39, 0.29) is 23.3 Å². The van der Waals surface area contributed by atoms with E-state index in [1.165, 1.54) is 18.9 Å². The van der Waals surface area contributed by atoms with Crippen molar-refractivity contribution in [2.75, 3.05) is 13.1 Å². The van der Waals surface area contributed by atoms with Gasteiger partial charge in [-0.3, -0.25) is 14.7 Å². The predicted octanol–water partition coefficient (Wildman–Crippen LogP) is 2.19. The number of amides is 1. The van der Waals surface area contributed by atoms with Crippen molar-refractivity contribution < 1.29 is 4.79 Å². The van der Waals surface area contributed by atoms with Crippen LogP contribution in [-0.4, -0.2) is 44.1 Å². The van der Waals surface area contributed by atoms with Crippen LogP contribution < -0.4 is 5.56 Å². The maximum absolute atomic E-state index is 13.0. The van der Waals surface area contributed by atoms with Crippen LogP contribution in [0.15, 0.2) is 16.9 Å². The highest BCUT2D eigenvalue weighted by atomic mass is 16.2. The minimum atomic E-state index is -0.236. The van der Waals surface area contributed by atoms with Crippen molar-refractivity contribution >= 4 is 5.91 Å². The van der Waals surface area contributed by atoms with Crippen LogP contribution >= 0.6 is 0 Å². The first-order valence-electron chi connectivity index (χ1n) is 9.35. The average Bonchev–Trinajstić information content (AvgIpc) is 3.14. The molecule has 0 unspecified atom stereocenters. The van der Waals surface area contributed by atoms with Gasteiger partial charge in [-0.15, -0.1) is 0 Å². The lowest BCUT2D eigenvalue weighted by Crippen LogP contribution is -2.30. The van der Waals surface area contributed by atoms with Crippen molar-refractivity contribution in [2.45, 2.75) is 45.4 Å². The summed E-state index contributed by atoms with van der Waals surface area (Å²) in [6.45, 7) is 7.28. The Morgan fingerprint density at radius 3 is 2.65 bits per heavy atom. The second kappa shape index (κ2) is 6.37. The fourth-order valence-electron chi connectivity index (χ4n) is 3.99. The number of pyridine rings is 1. The number of rotatable bonds is 4. The number of carbonyl (C=O) groups is 1. The van der Waals surface area contributed by atoms with Gasteiger partial charge in [-0.25, -0.2) is 4.98 Å². The summed E-state index contributed by atoms with van der Waals surface area (Å²) in [6, 6.07) is 3.13. The molecule has 2 atom stereocenters. The first kappa shape index (κ1) is 17.0. The van der Waals surface area contributed by atoms with Gasteiger partial charge in [0.15, 0.2) is 5.82 Å². The van der Waals surface area contributed by atoms with Crippen LogP contribution in [-0.2, 0) is 0 Å². The average molecular weight is 355 g/mol. The molecular weight excluding hydrogens is 330 g/mol. The molecule has 1 aliphatic heterocycles. The molecule has 3 heterocycles. The number of nitrogens with one attached hydrogen (secondary N) is 2. The zero-order chi connectivity index (χ0) is 18.4. The Kier molecular flexibility index (Phi) is 4.17. The Labute approximate surface area is 152 Å². The monoisotopic (exact) mass is 355 g/mol. The first-order valence-corrected chi connectivity index (χ1v) is 9.35. The maximum Gasteiger partial charge on any atom is 0.254 e. The fourth-order valence-corrected chi connectivity index (χ4v) is 3.99. The highest BCUT2D eigenvalue weighted by Gasteiger charge is 2.45. The van der Waals surface area contributed by atoms with Gasteiger partial charge < -0.3 is 9.88 Å². The van der Waals surface area contributed by atoms with Gasteiger partial charge in [-0.2, -0.15) is 5.10 Å². The number of aryl methyl sites for hydroxylation is 1. The van der Waals surface area contributed by atoms with E-state index in [1.807, 2.05) is 4.90 Å². The minimum absolute atomic E-state index is 0.0732. The molecule has 4 rings (SSSR count). The Morgan fingerprint density at radius 1 is 1.27 bits per heavy atom. The molecule has 1 aliphatic carbocycles. The molecule has 0 spiro atoms. The first-order chi connectivity index (χ1) is 12.4. The van der Waals surface area contributed by atoms with Gasteiger partial charge in [0.25, 0.3) is 5.91 Å². The predicted molar refractivity (Wildman–Crippen MR) is 97.1 cm³/mol. The lowest BCUT2D eigenvalue weighted by molar-refractivity contribution is 0.0784. The van der Waals surface area contributed by atoms with E-state index in [0.29, 0.717) is 29.6 Å². The SMILES string of the molecule is Cc1cc(C(=O)N2C[C@H](c3nc(C(C)C)n[nH]3)[C@@H](C3CC3)C2)cc(=O)[nH]1. The van der Waals surface area contributed by atoms with Crippen LogP contribution in [0.25, 0.3) is 0 Å². The molecule has 2 fully saturated rings. The van der Waals surface area contributed by atoms with E-state index in [4.69, 9.17) is 0 Å². The molecule has 26 heavy (non-hydrogen) atoms. The molecule has 138 valence electrons. The number of hydrogen-bond acceptors (Lipinski definition) is 4. The number of H-pyrrole nitrogens is 2. The van der Waals surface area contributed by atoms with Gasteiger partial charge in [0.2, 0.25) is 5.56 Å². The highest BCUT2D eigenvalue weighted by molar-refractivity contribution is 5.94. The summed E-state index contributed by atoms with van der Waals surface area (Å²) >= 11 is 0. The zero-order valence-corrected chi connectivity index (χ0v) is 15.5. The number of nitrogens with zero attached hydrogens (tertiary/aromatic N) is 3. The summed E-state index contributed by atoms with van der Waals surface area (Å²) in [5.74, 6) is 3.18. The van der Waals surface area contributed by atoms with Crippen LogP contribution in [0.3, 0.4) is 0 Å². The lowest BCUT2D eigenvalue weighted by Gasteiger charge is -2.16. The number of aromatic amines is 2. The third kappa shape index (κ3) is 3.18. The van der Waals surface area contributed by atoms with Gasteiger partial charge >= 0.3 is 0 Å². The molecule has 7 heteroatoms. The van der Waals surface area contributed by atoms with Crippen LogP contribution in [0.4, 0.5) is 0 Å². The van der Waals surface area contributed by atoms with Crippen molar-refractivity contribution in [3.8, 4) is 0 Å². The Balaban J connectivity index is 1.59. The molecule has 2 aliphatic rings. The van der Waals surface area contributed by atoms with Gasteiger partial charge in [-0.05, 0) is 37.7 Å². The highest BCUT2D eigenvalue weighted by Crippen LogP contribution is 2.47. The maximum atomic E-state index is 13.0. The summed E-state index contributed by atoms with van der Waals surface area (Å²) in [5.41, 5.74) is 0.925. The molecule has 1 amide bonds. The summed E-state index contributed by atoms with van der Waals surface area (Å²) in [6.07, 6.45) is 2.44. The van der Waals surface area contributed by atoms with Crippen molar-refractivity contribution in [1.82, 2.24) is 25.1 Å². The molecule has 0 bridgehead atoms. The molecule has 2 aromatic rings. The van der Waals surface area contributed by atoms with Crippen LogP contribution in [0.5, 0.6) is 0 Å². The smallest absolute Gasteiger partial charge is 0.254 e. The molecule has 0 aromatic carbocycles. The molecular formula is C19H25N5O2. The topological polar surface area (TPSA) is 94.7 Å². The van der Waals surface area contributed by atoms with Crippen molar-refractivity contribution in [3.05, 3.63) is 45.4 Å². The van der Waals surface area contributed by atoms with Crippen LogP contribution in [0, 0.1) is 18.8 Å². The molecule has 1 saturated carbocycles. The third-order valence-electron chi connectivity index (χ3n) is 5.49. The van der Waals surface area contributed by atoms with Crippen molar-refractivity contribution in [2.24, 2.45) is 11.8 Å². The standard InChI is InChI=1S/C19H25N5O2/c1-10(2)17-21-18(23-22-17)15-9-24(8-14(15)12-4-5-12)19(26)13-6-11(3)20-16(25)7-13/h6-7,10,12,14-15H,4-5,8-9H2,1-3H3,(H,20,25)(H,21,22,23)/t14-,15+/m1/s1. The van der Waals surface area contributed by atoms with E-state index >= 15 is 0 Å².